The van der Waals surface area contributed by atoms with Crippen molar-refractivity contribution in [3.63, 3.8) is 0 Å². The van der Waals surface area contributed by atoms with Gasteiger partial charge in [0.25, 0.3) is 0 Å². The first-order valence-corrected chi connectivity index (χ1v) is 17.7. The van der Waals surface area contributed by atoms with E-state index in [4.69, 9.17) is 75.8 Å². The van der Waals surface area contributed by atoms with Crippen LogP contribution in [-0.4, -0.2) is 211 Å². The molecule has 0 heterocycles. The molecular weight excluding hydrogens is 680 g/mol. The highest BCUT2D eigenvalue weighted by Gasteiger charge is 1.98. The second kappa shape index (κ2) is 46.6. The average molecular weight is 747 g/mol. The SMILES string of the molecule is C=CC(=O)OCCOCCOCCOCCOCCOCCOCCOCCOCCOCCOCCOCCOCCOCCOCCOC. The number of hydrogen-bond donors (Lipinski definition) is 0. The molecule has 0 aromatic carbocycles. The molecule has 51 heavy (non-hydrogen) atoms. The van der Waals surface area contributed by atoms with Gasteiger partial charge in [0.15, 0.2) is 0 Å². The van der Waals surface area contributed by atoms with Gasteiger partial charge in [-0.3, -0.25) is 0 Å². The van der Waals surface area contributed by atoms with E-state index in [1.54, 1.807) is 7.11 Å². The highest BCUT2D eigenvalue weighted by Crippen LogP contribution is 1.88. The van der Waals surface area contributed by atoms with Crippen molar-refractivity contribution >= 4 is 5.97 Å². The summed E-state index contributed by atoms with van der Waals surface area (Å²) in [5.41, 5.74) is 0. The van der Waals surface area contributed by atoms with Crippen LogP contribution >= 0.6 is 0 Å². The lowest BCUT2D eigenvalue weighted by Crippen LogP contribution is -2.16. The largest absolute Gasteiger partial charge is 0.460 e. The van der Waals surface area contributed by atoms with E-state index >= 15 is 0 Å². The molecule has 0 aliphatic heterocycles. The van der Waals surface area contributed by atoms with Crippen LogP contribution in [0.25, 0.3) is 0 Å². The van der Waals surface area contributed by atoms with E-state index in [2.05, 4.69) is 6.58 Å². The molecule has 0 radical (unpaired) electrons. The summed E-state index contributed by atoms with van der Waals surface area (Å²) in [6.07, 6.45) is 1.11. The fraction of sp³-hybridized carbons (Fsp3) is 0.912. The van der Waals surface area contributed by atoms with Gasteiger partial charge >= 0.3 is 5.97 Å². The van der Waals surface area contributed by atoms with Crippen molar-refractivity contribution in [1.29, 1.82) is 0 Å². The maximum atomic E-state index is 10.8. The first kappa shape index (κ1) is 49.6. The summed E-state index contributed by atoms with van der Waals surface area (Å²) in [6, 6.07) is 0. The number of hydrogen-bond acceptors (Lipinski definition) is 17. The quantitative estimate of drug-likeness (QED) is 0.0483. The van der Waals surface area contributed by atoms with Gasteiger partial charge in [-0.2, -0.15) is 0 Å². The first-order chi connectivity index (χ1) is 25.3. The minimum Gasteiger partial charge on any atom is -0.460 e. The molecule has 304 valence electrons. The van der Waals surface area contributed by atoms with Gasteiger partial charge < -0.3 is 75.8 Å². The number of carbonyl (C=O) groups excluding carboxylic acids is 1. The summed E-state index contributed by atoms with van der Waals surface area (Å²) in [6.45, 7) is 17.9. The number of carbonyl (C=O) groups is 1. The van der Waals surface area contributed by atoms with E-state index < -0.39 is 5.97 Å². The van der Waals surface area contributed by atoms with E-state index in [0.717, 1.165) is 6.08 Å². The summed E-state index contributed by atoms with van der Waals surface area (Å²) in [7, 11) is 1.64. The van der Waals surface area contributed by atoms with Gasteiger partial charge in [0.2, 0.25) is 0 Å². The molecule has 0 aliphatic carbocycles. The highest BCUT2D eigenvalue weighted by molar-refractivity contribution is 5.81. The Hall–Kier alpha value is -1.39. The minimum atomic E-state index is -0.461. The summed E-state index contributed by atoms with van der Waals surface area (Å²) in [5.74, 6) is -0.461. The maximum Gasteiger partial charge on any atom is 0.330 e. The Morgan fingerprint density at radius 1 is 0.314 bits per heavy atom. The minimum absolute atomic E-state index is 0.195. The molecule has 0 spiro atoms. The predicted octanol–water partition coefficient (Wildman–Crippen LogP) is 0.594. The fourth-order valence-electron chi connectivity index (χ4n) is 3.36. The lowest BCUT2D eigenvalue weighted by atomic mass is 10.6. The van der Waals surface area contributed by atoms with E-state index in [1.165, 1.54) is 0 Å². The highest BCUT2D eigenvalue weighted by atomic mass is 16.6. The lowest BCUT2D eigenvalue weighted by Gasteiger charge is -2.09. The normalized spacial score (nSPS) is 11.4. The Labute approximate surface area is 304 Å². The third-order valence-corrected chi connectivity index (χ3v) is 5.91. The van der Waals surface area contributed by atoms with Gasteiger partial charge in [0.05, 0.1) is 192 Å². The molecule has 0 saturated carbocycles. The van der Waals surface area contributed by atoms with E-state index in [9.17, 15) is 4.79 Å². The lowest BCUT2D eigenvalue weighted by molar-refractivity contribution is -0.139. The van der Waals surface area contributed by atoms with Crippen molar-refractivity contribution in [3.8, 4) is 0 Å². The Kier molecular flexibility index (Phi) is 45.4. The number of methoxy groups -OCH3 is 1. The van der Waals surface area contributed by atoms with Crippen LogP contribution in [0.5, 0.6) is 0 Å². The van der Waals surface area contributed by atoms with E-state index in [0.29, 0.717) is 192 Å². The molecule has 0 atom stereocenters. The van der Waals surface area contributed by atoms with Gasteiger partial charge in [0.1, 0.15) is 6.61 Å². The van der Waals surface area contributed by atoms with E-state index in [1.807, 2.05) is 0 Å². The molecule has 0 saturated heterocycles. The third kappa shape index (κ3) is 46.6. The van der Waals surface area contributed by atoms with E-state index in [-0.39, 0.29) is 6.61 Å². The zero-order valence-electron chi connectivity index (χ0n) is 30.9. The Morgan fingerprint density at radius 3 is 0.627 bits per heavy atom. The standard InChI is InChI=1S/C34H66O17/c1-3-34(35)51-33-32-50-31-30-49-29-28-48-27-26-47-25-24-46-23-22-45-21-20-44-19-18-43-17-16-42-15-14-41-13-12-40-11-10-39-9-8-38-7-6-37-5-4-36-2/h3H,1,4-33H2,2H3. The molecule has 0 amide bonds. The number of ether oxygens (including phenoxy) is 16. The third-order valence-electron chi connectivity index (χ3n) is 5.91. The predicted molar refractivity (Wildman–Crippen MR) is 184 cm³/mol. The topological polar surface area (TPSA) is 165 Å². The molecule has 0 unspecified atom stereocenters. The van der Waals surface area contributed by atoms with Crippen LogP contribution in [0.1, 0.15) is 0 Å². The van der Waals surface area contributed by atoms with Crippen LogP contribution in [0.15, 0.2) is 12.7 Å². The van der Waals surface area contributed by atoms with Gasteiger partial charge in [-0.15, -0.1) is 0 Å². The Balaban J connectivity index is 3.06. The van der Waals surface area contributed by atoms with Crippen molar-refractivity contribution in [3.05, 3.63) is 12.7 Å². The summed E-state index contributed by atoms with van der Waals surface area (Å²) < 4.78 is 85.7. The molecule has 0 fully saturated rings. The summed E-state index contributed by atoms with van der Waals surface area (Å²) in [5, 5.41) is 0. The summed E-state index contributed by atoms with van der Waals surface area (Å²) in [4.78, 5) is 10.8. The second-order valence-electron chi connectivity index (χ2n) is 9.94. The zero-order chi connectivity index (χ0) is 36.8. The molecule has 0 N–H and O–H groups in total. The Morgan fingerprint density at radius 2 is 0.471 bits per heavy atom. The van der Waals surface area contributed by atoms with Crippen molar-refractivity contribution in [2.45, 2.75) is 0 Å². The summed E-state index contributed by atoms with van der Waals surface area (Å²) >= 11 is 0. The zero-order valence-corrected chi connectivity index (χ0v) is 30.9. The second-order valence-corrected chi connectivity index (χ2v) is 9.94. The van der Waals surface area contributed by atoms with Crippen molar-refractivity contribution in [1.82, 2.24) is 0 Å². The van der Waals surface area contributed by atoms with Crippen molar-refractivity contribution < 1.29 is 80.6 Å². The van der Waals surface area contributed by atoms with Crippen LogP contribution < -0.4 is 0 Å². The molecule has 0 rings (SSSR count). The molecule has 0 bridgehead atoms. The average Bonchev–Trinajstić information content (AvgIpc) is 3.14. The molecule has 17 heteroatoms. The van der Waals surface area contributed by atoms with Gasteiger partial charge in [-0.25, -0.2) is 4.79 Å². The molecule has 0 aromatic rings. The van der Waals surface area contributed by atoms with Crippen molar-refractivity contribution in [2.75, 3.05) is 205 Å². The van der Waals surface area contributed by atoms with Crippen LogP contribution in [-0.2, 0) is 80.6 Å². The molecule has 17 nitrogen and oxygen atoms in total. The monoisotopic (exact) mass is 746 g/mol. The van der Waals surface area contributed by atoms with Crippen LogP contribution in [0.3, 0.4) is 0 Å². The molecule has 0 aromatic heterocycles. The maximum absolute atomic E-state index is 10.8. The number of rotatable bonds is 46. The molecular formula is C34H66O17. The van der Waals surface area contributed by atoms with Gasteiger partial charge in [0, 0.05) is 13.2 Å². The van der Waals surface area contributed by atoms with Crippen molar-refractivity contribution in [2.24, 2.45) is 0 Å². The van der Waals surface area contributed by atoms with Gasteiger partial charge in [-0.1, -0.05) is 6.58 Å². The smallest absolute Gasteiger partial charge is 0.330 e. The Bertz CT molecular complexity index is 677. The first-order valence-electron chi connectivity index (χ1n) is 17.7. The van der Waals surface area contributed by atoms with Crippen LogP contribution in [0.2, 0.25) is 0 Å². The fourth-order valence-corrected chi connectivity index (χ4v) is 3.36. The molecule has 0 aliphatic rings. The van der Waals surface area contributed by atoms with Gasteiger partial charge in [-0.05, 0) is 0 Å². The van der Waals surface area contributed by atoms with Crippen LogP contribution in [0, 0.1) is 0 Å². The number of esters is 1. The van der Waals surface area contributed by atoms with Crippen LogP contribution in [0.4, 0.5) is 0 Å².